The molecular formula is C16H21NO. The second kappa shape index (κ2) is 5.98. The lowest BCUT2D eigenvalue weighted by Crippen LogP contribution is -2.33. The first-order chi connectivity index (χ1) is 8.66. The van der Waals surface area contributed by atoms with Gasteiger partial charge in [0, 0.05) is 19.0 Å². The first-order valence-electron chi connectivity index (χ1n) is 6.55. The predicted molar refractivity (Wildman–Crippen MR) is 76.8 cm³/mol. The van der Waals surface area contributed by atoms with Crippen molar-refractivity contribution in [3.05, 3.63) is 48.0 Å². The summed E-state index contributed by atoms with van der Waals surface area (Å²) in [6.45, 7) is 4.82. The summed E-state index contributed by atoms with van der Waals surface area (Å²) in [4.78, 5) is 0. The molecule has 0 bridgehead atoms. The third-order valence-corrected chi connectivity index (χ3v) is 3.10. The van der Waals surface area contributed by atoms with Crippen LogP contribution in [-0.4, -0.2) is 23.8 Å². The third kappa shape index (κ3) is 3.31. The molecule has 1 atom stereocenters. The normalized spacial score (nSPS) is 13.1. The molecule has 0 amide bonds. The number of rotatable bonds is 5. The summed E-state index contributed by atoms with van der Waals surface area (Å²) in [5, 5.41) is 15.8. The number of benzene rings is 2. The molecule has 0 aromatic heterocycles. The van der Waals surface area contributed by atoms with Gasteiger partial charge in [-0.15, -0.1) is 0 Å². The van der Waals surface area contributed by atoms with Crippen molar-refractivity contribution < 1.29 is 5.11 Å². The highest BCUT2D eigenvalue weighted by molar-refractivity contribution is 5.85. The lowest BCUT2D eigenvalue weighted by atomic mass is 10.00. The smallest absolute Gasteiger partial charge is 0.0705 e. The number of nitrogens with one attached hydrogen (secondary N) is 1. The van der Waals surface area contributed by atoms with Crippen LogP contribution in [0, 0.1) is 0 Å². The Bertz CT molecular complexity index is 502. The summed E-state index contributed by atoms with van der Waals surface area (Å²) in [5.41, 5.74) is 1.21. The highest BCUT2D eigenvalue weighted by Crippen LogP contribution is 2.19. The Labute approximate surface area is 109 Å². The van der Waals surface area contributed by atoms with Crippen LogP contribution in [0.3, 0.4) is 0 Å². The molecule has 0 fully saturated rings. The van der Waals surface area contributed by atoms with E-state index < -0.39 is 0 Å². The van der Waals surface area contributed by atoms with Gasteiger partial charge >= 0.3 is 0 Å². The van der Waals surface area contributed by atoms with Crippen molar-refractivity contribution in [2.24, 2.45) is 0 Å². The van der Waals surface area contributed by atoms with E-state index in [0.717, 1.165) is 0 Å². The van der Waals surface area contributed by atoms with E-state index in [1.807, 2.05) is 12.1 Å². The van der Waals surface area contributed by atoms with E-state index >= 15 is 0 Å². The summed E-state index contributed by atoms with van der Waals surface area (Å²) in [5.74, 6) is 0. The van der Waals surface area contributed by atoms with Crippen LogP contribution in [0.15, 0.2) is 42.5 Å². The maximum Gasteiger partial charge on any atom is 0.0705 e. The second-order valence-corrected chi connectivity index (χ2v) is 5.06. The molecule has 0 saturated heterocycles. The van der Waals surface area contributed by atoms with Crippen molar-refractivity contribution in [3.8, 4) is 0 Å². The molecule has 0 saturated carbocycles. The minimum atomic E-state index is -0.335. The third-order valence-electron chi connectivity index (χ3n) is 3.10. The second-order valence-electron chi connectivity index (χ2n) is 5.06. The highest BCUT2D eigenvalue weighted by Gasteiger charge is 2.08. The number of aliphatic hydroxyl groups excluding tert-OH is 1. The average molecular weight is 243 g/mol. The Hall–Kier alpha value is -1.38. The van der Waals surface area contributed by atoms with Crippen LogP contribution in [0.1, 0.15) is 19.4 Å². The standard InChI is InChI=1S/C16H21NO/c1-12(2)17-11-15(18)10-14-8-5-7-13-6-3-4-9-16(13)14/h3-9,12,15,17-18H,10-11H2,1-2H3/t15-/m1/s1. The van der Waals surface area contributed by atoms with Crippen molar-refractivity contribution in [2.45, 2.75) is 32.4 Å². The van der Waals surface area contributed by atoms with E-state index in [1.54, 1.807) is 0 Å². The zero-order valence-electron chi connectivity index (χ0n) is 11.1. The molecule has 18 heavy (non-hydrogen) atoms. The zero-order chi connectivity index (χ0) is 13.0. The Kier molecular flexibility index (Phi) is 4.34. The first-order valence-corrected chi connectivity index (χ1v) is 6.55. The fourth-order valence-electron chi connectivity index (χ4n) is 2.17. The molecule has 0 aliphatic heterocycles. The van der Waals surface area contributed by atoms with Crippen molar-refractivity contribution in [1.82, 2.24) is 5.32 Å². The van der Waals surface area contributed by atoms with Gasteiger partial charge in [0.2, 0.25) is 0 Å². The molecule has 0 spiro atoms. The van der Waals surface area contributed by atoms with Crippen LogP contribution in [-0.2, 0) is 6.42 Å². The lowest BCUT2D eigenvalue weighted by molar-refractivity contribution is 0.169. The van der Waals surface area contributed by atoms with Gasteiger partial charge in [0.25, 0.3) is 0 Å². The van der Waals surface area contributed by atoms with E-state index in [9.17, 15) is 5.11 Å². The van der Waals surface area contributed by atoms with Crippen LogP contribution in [0.25, 0.3) is 10.8 Å². The molecule has 2 aromatic carbocycles. The Balaban J connectivity index is 2.11. The van der Waals surface area contributed by atoms with E-state index in [4.69, 9.17) is 0 Å². The van der Waals surface area contributed by atoms with Crippen LogP contribution in [0.2, 0.25) is 0 Å². The molecule has 0 aliphatic carbocycles. The number of hydrogen-bond donors (Lipinski definition) is 2. The maximum absolute atomic E-state index is 10.0. The molecule has 2 heteroatoms. The molecule has 2 aromatic rings. The van der Waals surface area contributed by atoms with Gasteiger partial charge in [-0.05, 0) is 16.3 Å². The van der Waals surface area contributed by atoms with Gasteiger partial charge in [0.1, 0.15) is 0 Å². The van der Waals surface area contributed by atoms with Crippen molar-refractivity contribution in [1.29, 1.82) is 0 Å². The van der Waals surface area contributed by atoms with Crippen molar-refractivity contribution >= 4 is 10.8 Å². The topological polar surface area (TPSA) is 32.3 Å². The summed E-state index contributed by atoms with van der Waals surface area (Å²) in [6.07, 6.45) is 0.361. The van der Waals surface area contributed by atoms with Gasteiger partial charge in [-0.2, -0.15) is 0 Å². The maximum atomic E-state index is 10.0. The number of aliphatic hydroxyl groups is 1. The number of hydrogen-bond acceptors (Lipinski definition) is 2. The van der Waals surface area contributed by atoms with Crippen LogP contribution < -0.4 is 5.32 Å². The SMILES string of the molecule is CC(C)NC[C@H](O)Cc1cccc2ccccc12. The molecule has 2 rings (SSSR count). The summed E-state index contributed by atoms with van der Waals surface area (Å²) in [7, 11) is 0. The lowest BCUT2D eigenvalue weighted by Gasteiger charge is -2.15. The van der Waals surface area contributed by atoms with Gasteiger partial charge in [0.05, 0.1) is 6.10 Å². The van der Waals surface area contributed by atoms with E-state index in [-0.39, 0.29) is 6.10 Å². The molecule has 0 heterocycles. The Morgan fingerprint density at radius 1 is 1.06 bits per heavy atom. The summed E-state index contributed by atoms with van der Waals surface area (Å²) < 4.78 is 0. The minimum Gasteiger partial charge on any atom is -0.391 e. The summed E-state index contributed by atoms with van der Waals surface area (Å²) in [6, 6.07) is 15.0. The predicted octanol–water partition coefficient (Wildman–Crippen LogP) is 2.74. The van der Waals surface area contributed by atoms with Gasteiger partial charge in [-0.1, -0.05) is 56.3 Å². The molecule has 2 nitrogen and oxygen atoms in total. The quantitative estimate of drug-likeness (QED) is 0.846. The highest BCUT2D eigenvalue weighted by atomic mass is 16.3. The largest absolute Gasteiger partial charge is 0.391 e. The fourth-order valence-corrected chi connectivity index (χ4v) is 2.17. The first kappa shape index (κ1) is 13.1. The van der Waals surface area contributed by atoms with Gasteiger partial charge in [-0.25, -0.2) is 0 Å². The Morgan fingerprint density at radius 3 is 2.56 bits per heavy atom. The van der Waals surface area contributed by atoms with Crippen molar-refractivity contribution in [2.75, 3.05) is 6.54 Å². The molecular weight excluding hydrogens is 222 g/mol. The van der Waals surface area contributed by atoms with Crippen LogP contribution in [0.5, 0.6) is 0 Å². The van der Waals surface area contributed by atoms with Gasteiger partial charge in [0.15, 0.2) is 0 Å². The van der Waals surface area contributed by atoms with Gasteiger partial charge < -0.3 is 10.4 Å². The molecule has 0 unspecified atom stereocenters. The molecule has 2 N–H and O–H groups in total. The molecule has 0 radical (unpaired) electrons. The zero-order valence-corrected chi connectivity index (χ0v) is 11.1. The van der Waals surface area contributed by atoms with E-state index in [1.165, 1.54) is 16.3 Å². The van der Waals surface area contributed by atoms with Gasteiger partial charge in [-0.3, -0.25) is 0 Å². The minimum absolute atomic E-state index is 0.335. The van der Waals surface area contributed by atoms with Crippen LogP contribution in [0.4, 0.5) is 0 Å². The summed E-state index contributed by atoms with van der Waals surface area (Å²) >= 11 is 0. The monoisotopic (exact) mass is 243 g/mol. The molecule has 0 aliphatic rings. The fraction of sp³-hybridized carbons (Fsp3) is 0.375. The average Bonchev–Trinajstić information content (AvgIpc) is 2.37. The number of fused-ring (bicyclic) bond motifs is 1. The molecule has 96 valence electrons. The van der Waals surface area contributed by atoms with E-state index in [2.05, 4.69) is 49.5 Å². The van der Waals surface area contributed by atoms with Crippen LogP contribution >= 0.6 is 0 Å². The Morgan fingerprint density at radius 2 is 1.78 bits per heavy atom. The van der Waals surface area contributed by atoms with E-state index in [0.29, 0.717) is 19.0 Å². The van der Waals surface area contributed by atoms with Crippen molar-refractivity contribution in [3.63, 3.8) is 0 Å².